The van der Waals surface area contributed by atoms with E-state index in [1.807, 2.05) is 25.2 Å². The molecule has 1 atom stereocenters. The maximum Gasteiger partial charge on any atom is 0.228 e. The maximum absolute atomic E-state index is 11.7. The molecule has 0 saturated heterocycles. The number of hydrogen-bond donors (Lipinski definition) is 1. The highest BCUT2D eigenvalue weighted by atomic mass is 16.2. The predicted octanol–water partition coefficient (Wildman–Crippen LogP) is 1.70. The Morgan fingerprint density at radius 3 is 2.93 bits per heavy atom. The van der Waals surface area contributed by atoms with E-state index in [1.165, 1.54) is 5.56 Å². The van der Waals surface area contributed by atoms with E-state index in [0.29, 0.717) is 6.42 Å². The molecule has 1 unspecified atom stereocenters. The van der Waals surface area contributed by atoms with Crippen LogP contribution in [-0.4, -0.2) is 19.5 Å². The average Bonchev–Trinajstić information content (AvgIpc) is 2.26. The molecule has 1 N–H and O–H groups in total. The van der Waals surface area contributed by atoms with Crippen molar-refractivity contribution in [3.8, 4) is 0 Å². The van der Waals surface area contributed by atoms with E-state index in [2.05, 4.69) is 18.3 Å². The van der Waals surface area contributed by atoms with Crippen molar-refractivity contribution in [2.75, 3.05) is 18.5 Å². The summed E-state index contributed by atoms with van der Waals surface area (Å²) in [5, 5.41) is 3.34. The number of benzene rings is 1. The molecule has 1 aliphatic heterocycles. The standard InChI is InChI=1S/C12H16N2O/c1-3-13-10-8-12(15)14(2)11-7-5-4-6-9(10)11/h4-7,10,13H,3,8H2,1-2H3. The summed E-state index contributed by atoms with van der Waals surface area (Å²) in [6.45, 7) is 2.95. The Hall–Kier alpha value is -1.35. The normalized spacial score (nSPS) is 20.3. The fourth-order valence-electron chi connectivity index (χ4n) is 2.07. The van der Waals surface area contributed by atoms with Crippen LogP contribution in [0.2, 0.25) is 0 Å². The lowest BCUT2D eigenvalue weighted by Crippen LogP contribution is -2.37. The summed E-state index contributed by atoms with van der Waals surface area (Å²) in [6.07, 6.45) is 0.557. The van der Waals surface area contributed by atoms with Crippen molar-refractivity contribution in [3.63, 3.8) is 0 Å². The third kappa shape index (κ3) is 1.75. The molecule has 0 spiro atoms. The van der Waals surface area contributed by atoms with Crippen LogP contribution in [0.1, 0.15) is 24.9 Å². The van der Waals surface area contributed by atoms with Crippen molar-refractivity contribution in [1.29, 1.82) is 0 Å². The van der Waals surface area contributed by atoms with Gasteiger partial charge in [0, 0.05) is 25.2 Å². The van der Waals surface area contributed by atoms with Gasteiger partial charge in [-0.05, 0) is 18.2 Å². The van der Waals surface area contributed by atoms with Gasteiger partial charge in [-0.3, -0.25) is 4.79 Å². The fraction of sp³-hybridized carbons (Fsp3) is 0.417. The van der Waals surface area contributed by atoms with Gasteiger partial charge in [-0.1, -0.05) is 25.1 Å². The monoisotopic (exact) mass is 204 g/mol. The van der Waals surface area contributed by atoms with Crippen LogP contribution >= 0.6 is 0 Å². The van der Waals surface area contributed by atoms with Gasteiger partial charge in [-0.25, -0.2) is 0 Å². The average molecular weight is 204 g/mol. The smallest absolute Gasteiger partial charge is 0.228 e. The summed E-state index contributed by atoms with van der Waals surface area (Å²) < 4.78 is 0. The van der Waals surface area contributed by atoms with E-state index in [1.54, 1.807) is 4.90 Å². The van der Waals surface area contributed by atoms with Gasteiger partial charge in [0.05, 0.1) is 0 Å². The second-order valence-electron chi connectivity index (χ2n) is 3.83. The molecule has 1 heterocycles. The van der Waals surface area contributed by atoms with Crippen molar-refractivity contribution in [2.45, 2.75) is 19.4 Å². The van der Waals surface area contributed by atoms with Crippen LogP contribution in [0.3, 0.4) is 0 Å². The summed E-state index contributed by atoms with van der Waals surface area (Å²) in [4.78, 5) is 13.5. The van der Waals surface area contributed by atoms with Crippen molar-refractivity contribution in [1.82, 2.24) is 5.32 Å². The lowest BCUT2D eigenvalue weighted by Gasteiger charge is -2.31. The van der Waals surface area contributed by atoms with Gasteiger partial charge >= 0.3 is 0 Å². The molecule has 1 aliphatic rings. The van der Waals surface area contributed by atoms with Gasteiger partial charge in [0.2, 0.25) is 5.91 Å². The van der Waals surface area contributed by atoms with E-state index in [9.17, 15) is 4.79 Å². The molecule has 0 fully saturated rings. The Morgan fingerprint density at radius 1 is 1.47 bits per heavy atom. The highest BCUT2D eigenvalue weighted by molar-refractivity contribution is 5.96. The lowest BCUT2D eigenvalue weighted by atomic mass is 9.96. The first-order chi connectivity index (χ1) is 7.24. The summed E-state index contributed by atoms with van der Waals surface area (Å²) in [7, 11) is 1.84. The predicted molar refractivity (Wildman–Crippen MR) is 60.9 cm³/mol. The van der Waals surface area contributed by atoms with Crippen molar-refractivity contribution < 1.29 is 4.79 Å². The number of hydrogen-bond acceptors (Lipinski definition) is 2. The van der Waals surface area contributed by atoms with Crippen LogP contribution < -0.4 is 10.2 Å². The number of fused-ring (bicyclic) bond motifs is 1. The number of para-hydroxylation sites is 1. The minimum absolute atomic E-state index is 0.176. The second-order valence-corrected chi connectivity index (χ2v) is 3.83. The molecule has 0 saturated carbocycles. The molecule has 0 bridgehead atoms. The summed E-state index contributed by atoms with van der Waals surface area (Å²) in [6, 6.07) is 8.25. The molecule has 0 aliphatic carbocycles. The van der Waals surface area contributed by atoms with Gasteiger partial charge in [0.1, 0.15) is 0 Å². The van der Waals surface area contributed by atoms with Gasteiger partial charge in [0.25, 0.3) is 0 Å². The molecule has 1 amide bonds. The Labute approximate surface area is 90.1 Å². The summed E-state index contributed by atoms with van der Waals surface area (Å²) >= 11 is 0. The number of anilines is 1. The first kappa shape index (κ1) is 10.2. The van der Waals surface area contributed by atoms with E-state index in [-0.39, 0.29) is 11.9 Å². The Kier molecular flexibility index (Phi) is 2.73. The first-order valence-electron chi connectivity index (χ1n) is 5.33. The van der Waals surface area contributed by atoms with Gasteiger partial charge < -0.3 is 10.2 Å². The number of nitrogens with zero attached hydrogens (tertiary/aromatic N) is 1. The zero-order chi connectivity index (χ0) is 10.8. The molecule has 3 heteroatoms. The minimum Gasteiger partial charge on any atom is -0.315 e. The van der Waals surface area contributed by atoms with E-state index in [4.69, 9.17) is 0 Å². The molecule has 2 rings (SSSR count). The molecule has 3 nitrogen and oxygen atoms in total. The van der Waals surface area contributed by atoms with E-state index in [0.717, 1.165) is 12.2 Å². The molecule has 15 heavy (non-hydrogen) atoms. The molecular formula is C12H16N2O. The quantitative estimate of drug-likeness (QED) is 0.795. The third-order valence-corrected chi connectivity index (χ3v) is 2.88. The summed E-state index contributed by atoms with van der Waals surface area (Å²) in [5.74, 6) is 0.180. The van der Waals surface area contributed by atoms with Crippen LogP contribution in [0.25, 0.3) is 0 Å². The van der Waals surface area contributed by atoms with Crippen LogP contribution in [0.15, 0.2) is 24.3 Å². The molecule has 80 valence electrons. The third-order valence-electron chi connectivity index (χ3n) is 2.88. The second kappa shape index (κ2) is 4.03. The van der Waals surface area contributed by atoms with Crippen LogP contribution in [0, 0.1) is 0 Å². The SMILES string of the molecule is CCNC1CC(=O)N(C)c2ccccc21. The zero-order valence-electron chi connectivity index (χ0n) is 9.16. The van der Waals surface area contributed by atoms with Crippen molar-refractivity contribution in [3.05, 3.63) is 29.8 Å². The topological polar surface area (TPSA) is 32.3 Å². The lowest BCUT2D eigenvalue weighted by molar-refractivity contribution is -0.119. The van der Waals surface area contributed by atoms with Crippen LogP contribution in [-0.2, 0) is 4.79 Å². The molecule has 1 aromatic rings. The maximum atomic E-state index is 11.7. The minimum atomic E-state index is 0.176. The van der Waals surface area contributed by atoms with Crippen molar-refractivity contribution >= 4 is 11.6 Å². The van der Waals surface area contributed by atoms with Gasteiger partial charge in [-0.2, -0.15) is 0 Å². The van der Waals surface area contributed by atoms with Crippen molar-refractivity contribution in [2.24, 2.45) is 0 Å². The van der Waals surface area contributed by atoms with E-state index >= 15 is 0 Å². The highest BCUT2D eigenvalue weighted by Crippen LogP contribution is 2.32. The largest absolute Gasteiger partial charge is 0.315 e. The van der Waals surface area contributed by atoms with Crippen LogP contribution in [0.5, 0.6) is 0 Å². The Bertz CT molecular complexity index is 376. The number of nitrogens with one attached hydrogen (secondary N) is 1. The molecular weight excluding hydrogens is 188 g/mol. The Balaban J connectivity index is 2.40. The van der Waals surface area contributed by atoms with E-state index < -0.39 is 0 Å². The zero-order valence-corrected chi connectivity index (χ0v) is 9.16. The molecule has 0 radical (unpaired) electrons. The number of amides is 1. The van der Waals surface area contributed by atoms with Gasteiger partial charge in [-0.15, -0.1) is 0 Å². The number of carbonyl (C=O) groups excluding carboxylic acids is 1. The first-order valence-corrected chi connectivity index (χ1v) is 5.33. The summed E-state index contributed by atoms with van der Waals surface area (Å²) in [5.41, 5.74) is 2.25. The molecule has 1 aromatic carbocycles. The fourth-order valence-corrected chi connectivity index (χ4v) is 2.07. The number of carbonyl (C=O) groups is 1. The Morgan fingerprint density at radius 2 is 2.20 bits per heavy atom. The highest BCUT2D eigenvalue weighted by Gasteiger charge is 2.27. The van der Waals surface area contributed by atoms with Crippen LogP contribution in [0.4, 0.5) is 5.69 Å². The van der Waals surface area contributed by atoms with Gasteiger partial charge in [0.15, 0.2) is 0 Å². The number of rotatable bonds is 2. The molecule has 0 aromatic heterocycles.